The average molecular weight is 453 g/mol. The lowest BCUT2D eigenvalue weighted by atomic mass is 10.2. The number of nitrogens with one attached hydrogen (secondary N) is 1. The van der Waals surface area contributed by atoms with Crippen LogP contribution in [0.4, 0.5) is 5.69 Å². The van der Waals surface area contributed by atoms with Crippen molar-refractivity contribution in [3.8, 4) is 23.1 Å². The number of para-hydroxylation sites is 1. The van der Waals surface area contributed by atoms with Gasteiger partial charge in [-0.25, -0.2) is 4.98 Å². The molecule has 0 atom stereocenters. The molecule has 1 amide bonds. The molecule has 2 aromatic carbocycles. The van der Waals surface area contributed by atoms with E-state index < -0.39 is 0 Å². The summed E-state index contributed by atoms with van der Waals surface area (Å²) in [6.07, 6.45) is 1.60. The maximum Gasteiger partial charge on any atom is 0.255 e. The van der Waals surface area contributed by atoms with E-state index in [1.165, 1.54) is 0 Å². The summed E-state index contributed by atoms with van der Waals surface area (Å²) in [5, 5.41) is 2.83. The van der Waals surface area contributed by atoms with Crippen molar-refractivity contribution >= 4 is 11.6 Å². The van der Waals surface area contributed by atoms with Gasteiger partial charge in [-0.05, 0) is 49.4 Å². The van der Waals surface area contributed by atoms with E-state index in [0.29, 0.717) is 61.7 Å². The number of benzene rings is 2. The molecule has 8 heteroatoms. The Kier molecular flexibility index (Phi) is 9.35. The SMILES string of the molecule is CCOc1cc(C(=O)Nc2cccnc2OCCOC)ccc1OCCOc1ccccc1. The maximum atomic E-state index is 12.8. The first kappa shape index (κ1) is 23.9. The van der Waals surface area contributed by atoms with Crippen LogP contribution < -0.4 is 24.3 Å². The molecule has 1 heterocycles. The lowest BCUT2D eigenvalue weighted by molar-refractivity contribution is 0.102. The van der Waals surface area contributed by atoms with Crippen LogP contribution in [0.15, 0.2) is 66.9 Å². The van der Waals surface area contributed by atoms with Crippen molar-refractivity contribution in [2.24, 2.45) is 0 Å². The molecule has 174 valence electrons. The van der Waals surface area contributed by atoms with E-state index in [1.54, 1.807) is 43.6 Å². The first-order chi connectivity index (χ1) is 16.2. The second-order valence-corrected chi connectivity index (χ2v) is 6.76. The number of hydrogen-bond donors (Lipinski definition) is 1. The quantitative estimate of drug-likeness (QED) is 0.389. The molecule has 0 bridgehead atoms. The summed E-state index contributed by atoms with van der Waals surface area (Å²) in [7, 11) is 1.59. The molecule has 0 aliphatic heterocycles. The van der Waals surface area contributed by atoms with Crippen LogP contribution in [0.2, 0.25) is 0 Å². The Morgan fingerprint density at radius 1 is 0.848 bits per heavy atom. The highest BCUT2D eigenvalue weighted by Crippen LogP contribution is 2.29. The van der Waals surface area contributed by atoms with Crippen molar-refractivity contribution < 1.29 is 28.5 Å². The summed E-state index contributed by atoms with van der Waals surface area (Å²) in [6, 6.07) is 18.0. The van der Waals surface area contributed by atoms with Gasteiger partial charge in [-0.3, -0.25) is 4.79 Å². The van der Waals surface area contributed by atoms with Crippen molar-refractivity contribution in [1.82, 2.24) is 4.98 Å². The smallest absolute Gasteiger partial charge is 0.255 e. The van der Waals surface area contributed by atoms with Gasteiger partial charge < -0.3 is 29.0 Å². The third-order valence-electron chi connectivity index (χ3n) is 4.40. The first-order valence-corrected chi connectivity index (χ1v) is 10.7. The van der Waals surface area contributed by atoms with E-state index in [0.717, 1.165) is 5.75 Å². The normalized spacial score (nSPS) is 10.4. The zero-order valence-electron chi connectivity index (χ0n) is 18.8. The third kappa shape index (κ3) is 7.40. The fraction of sp³-hybridized carbons (Fsp3) is 0.280. The fourth-order valence-electron chi connectivity index (χ4n) is 2.88. The van der Waals surface area contributed by atoms with E-state index in [-0.39, 0.29) is 5.91 Å². The molecule has 33 heavy (non-hydrogen) atoms. The number of hydrogen-bond acceptors (Lipinski definition) is 7. The number of amides is 1. The number of methoxy groups -OCH3 is 1. The lowest BCUT2D eigenvalue weighted by Crippen LogP contribution is -2.15. The Morgan fingerprint density at radius 2 is 1.64 bits per heavy atom. The molecular formula is C25H28N2O6. The number of rotatable bonds is 13. The van der Waals surface area contributed by atoms with Crippen LogP contribution >= 0.6 is 0 Å². The zero-order chi connectivity index (χ0) is 23.3. The number of anilines is 1. The van der Waals surface area contributed by atoms with Gasteiger partial charge in [0.25, 0.3) is 5.91 Å². The summed E-state index contributed by atoms with van der Waals surface area (Å²) < 4.78 is 27.7. The molecule has 0 fully saturated rings. The van der Waals surface area contributed by atoms with Crippen LogP contribution in [0.5, 0.6) is 23.1 Å². The summed E-state index contributed by atoms with van der Waals surface area (Å²) in [5.74, 6) is 1.80. The fourth-order valence-corrected chi connectivity index (χ4v) is 2.88. The van der Waals surface area contributed by atoms with Crippen molar-refractivity contribution in [3.63, 3.8) is 0 Å². The molecule has 0 saturated heterocycles. The van der Waals surface area contributed by atoms with Crippen molar-refractivity contribution in [1.29, 1.82) is 0 Å². The van der Waals surface area contributed by atoms with Gasteiger partial charge in [-0.2, -0.15) is 0 Å². The standard InChI is InChI=1S/C25H28N2O6/c1-3-30-23-18-19(11-12-22(23)32-17-16-31-20-8-5-4-6-9-20)24(28)27-21-10-7-13-26-25(21)33-15-14-29-2/h4-13,18H,3,14-17H2,1-2H3,(H,27,28). The van der Waals surface area contributed by atoms with Gasteiger partial charge in [0.15, 0.2) is 11.5 Å². The van der Waals surface area contributed by atoms with Gasteiger partial charge in [0.2, 0.25) is 5.88 Å². The van der Waals surface area contributed by atoms with Gasteiger partial charge in [-0.1, -0.05) is 18.2 Å². The molecule has 0 aliphatic rings. The summed E-state index contributed by atoms with van der Waals surface area (Å²) in [5.41, 5.74) is 0.882. The average Bonchev–Trinajstić information content (AvgIpc) is 2.84. The molecule has 3 aromatic rings. The second-order valence-electron chi connectivity index (χ2n) is 6.76. The molecule has 0 aliphatic carbocycles. The van der Waals surface area contributed by atoms with E-state index in [4.69, 9.17) is 23.7 Å². The van der Waals surface area contributed by atoms with Gasteiger partial charge in [0.1, 0.15) is 31.3 Å². The van der Waals surface area contributed by atoms with Crippen LogP contribution in [-0.2, 0) is 4.74 Å². The number of aromatic nitrogens is 1. The topological polar surface area (TPSA) is 88.1 Å². The third-order valence-corrected chi connectivity index (χ3v) is 4.40. The molecular weight excluding hydrogens is 424 g/mol. The zero-order valence-corrected chi connectivity index (χ0v) is 18.8. The number of nitrogens with zero attached hydrogens (tertiary/aromatic N) is 1. The highest BCUT2D eigenvalue weighted by molar-refractivity contribution is 6.05. The van der Waals surface area contributed by atoms with Gasteiger partial charge in [0.05, 0.1) is 13.2 Å². The lowest BCUT2D eigenvalue weighted by Gasteiger charge is -2.14. The molecule has 3 rings (SSSR count). The number of ether oxygens (including phenoxy) is 5. The van der Waals surface area contributed by atoms with Crippen molar-refractivity contribution in [2.75, 3.05) is 45.5 Å². The van der Waals surface area contributed by atoms with Crippen LogP contribution in [0.3, 0.4) is 0 Å². The van der Waals surface area contributed by atoms with Crippen LogP contribution in [0, 0.1) is 0 Å². The Bertz CT molecular complexity index is 1010. The van der Waals surface area contributed by atoms with Crippen LogP contribution in [0.1, 0.15) is 17.3 Å². The predicted molar refractivity (Wildman–Crippen MR) is 125 cm³/mol. The monoisotopic (exact) mass is 452 g/mol. The highest BCUT2D eigenvalue weighted by atomic mass is 16.5. The first-order valence-electron chi connectivity index (χ1n) is 10.7. The van der Waals surface area contributed by atoms with Crippen molar-refractivity contribution in [3.05, 3.63) is 72.4 Å². The Hall–Kier alpha value is -3.78. The maximum absolute atomic E-state index is 12.8. The Morgan fingerprint density at radius 3 is 2.42 bits per heavy atom. The highest BCUT2D eigenvalue weighted by Gasteiger charge is 2.14. The van der Waals surface area contributed by atoms with E-state index in [2.05, 4.69) is 10.3 Å². The molecule has 0 unspecified atom stereocenters. The van der Waals surface area contributed by atoms with Gasteiger partial charge >= 0.3 is 0 Å². The van der Waals surface area contributed by atoms with E-state index in [9.17, 15) is 4.79 Å². The van der Waals surface area contributed by atoms with Crippen LogP contribution in [0.25, 0.3) is 0 Å². The largest absolute Gasteiger partial charge is 0.490 e. The molecule has 0 spiro atoms. The summed E-state index contributed by atoms with van der Waals surface area (Å²) >= 11 is 0. The summed E-state index contributed by atoms with van der Waals surface area (Å²) in [4.78, 5) is 17.0. The summed E-state index contributed by atoms with van der Waals surface area (Å²) in [6.45, 7) is 3.75. The number of carbonyl (C=O) groups is 1. The van der Waals surface area contributed by atoms with E-state index >= 15 is 0 Å². The predicted octanol–water partition coefficient (Wildman–Crippen LogP) is 4.22. The minimum absolute atomic E-state index is 0.320. The van der Waals surface area contributed by atoms with Gasteiger partial charge in [-0.15, -0.1) is 0 Å². The van der Waals surface area contributed by atoms with E-state index in [1.807, 2.05) is 37.3 Å². The minimum Gasteiger partial charge on any atom is -0.490 e. The minimum atomic E-state index is -0.320. The molecule has 1 aromatic heterocycles. The molecule has 0 saturated carbocycles. The molecule has 8 nitrogen and oxygen atoms in total. The van der Waals surface area contributed by atoms with Crippen LogP contribution in [-0.4, -0.2) is 51.0 Å². The molecule has 1 N–H and O–H groups in total. The Labute approximate surface area is 193 Å². The second kappa shape index (κ2) is 12.9. The van der Waals surface area contributed by atoms with Gasteiger partial charge in [0, 0.05) is 18.9 Å². The molecule has 0 radical (unpaired) electrons. The van der Waals surface area contributed by atoms with Crippen molar-refractivity contribution in [2.45, 2.75) is 6.92 Å². The number of carbonyl (C=O) groups excluding carboxylic acids is 1. The Balaban J connectivity index is 1.62. The number of pyridine rings is 1.